The SMILES string of the molecule is Cc1cccc(-c2[nH]ncc2-c2ccnc(Br)c2)c1. The van der Waals surface area contributed by atoms with Crippen molar-refractivity contribution < 1.29 is 0 Å². The zero-order valence-electron chi connectivity index (χ0n) is 10.4. The van der Waals surface area contributed by atoms with Gasteiger partial charge in [-0.25, -0.2) is 4.98 Å². The molecule has 0 aliphatic rings. The van der Waals surface area contributed by atoms with Gasteiger partial charge in [-0.2, -0.15) is 5.10 Å². The van der Waals surface area contributed by atoms with Crippen LogP contribution < -0.4 is 0 Å². The molecule has 0 saturated heterocycles. The fourth-order valence-corrected chi connectivity index (χ4v) is 2.46. The number of nitrogens with zero attached hydrogens (tertiary/aromatic N) is 2. The summed E-state index contributed by atoms with van der Waals surface area (Å²) in [6.07, 6.45) is 3.63. The third kappa shape index (κ3) is 2.44. The first kappa shape index (κ1) is 12.1. The number of hydrogen-bond donors (Lipinski definition) is 1. The molecule has 0 unspecified atom stereocenters. The molecular formula is C15H12BrN3. The molecule has 1 N–H and O–H groups in total. The Kier molecular flexibility index (Phi) is 3.17. The van der Waals surface area contributed by atoms with Crippen molar-refractivity contribution in [2.24, 2.45) is 0 Å². The van der Waals surface area contributed by atoms with Crippen LogP contribution in [0.5, 0.6) is 0 Å². The normalized spacial score (nSPS) is 10.6. The van der Waals surface area contributed by atoms with Crippen LogP contribution in [0.1, 0.15) is 5.56 Å². The van der Waals surface area contributed by atoms with E-state index in [0.29, 0.717) is 0 Å². The number of hydrogen-bond acceptors (Lipinski definition) is 2. The summed E-state index contributed by atoms with van der Waals surface area (Å²) < 4.78 is 0.821. The molecule has 0 aliphatic carbocycles. The second-order valence-corrected chi connectivity index (χ2v) is 5.21. The van der Waals surface area contributed by atoms with E-state index >= 15 is 0 Å². The topological polar surface area (TPSA) is 41.6 Å². The van der Waals surface area contributed by atoms with Crippen LogP contribution in [0.15, 0.2) is 53.4 Å². The second kappa shape index (κ2) is 4.97. The van der Waals surface area contributed by atoms with E-state index in [9.17, 15) is 0 Å². The molecule has 2 aromatic heterocycles. The van der Waals surface area contributed by atoms with E-state index in [2.05, 4.69) is 62.3 Å². The van der Waals surface area contributed by atoms with Crippen molar-refractivity contribution in [1.82, 2.24) is 15.2 Å². The smallest absolute Gasteiger partial charge is 0.106 e. The van der Waals surface area contributed by atoms with Crippen molar-refractivity contribution in [3.63, 3.8) is 0 Å². The van der Waals surface area contributed by atoms with Crippen molar-refractivity contribution in [1.29, 1.82) is 0 Å². The van der Waals surface area contributed by atoms with E-state index in [1.807, 2.05) is 18.3 Å². The van der Waals surface area contributed by atoms with E-state index < -0.39 is 0 Å². The molecule has 3 nitrogen and oxygen atoms in total. The number of H-pyrrole nitrogens is 1. The summed E-state index contributed by atoms with van der Waals surface area (Å²) in [5.74, 6) is 0. The third-order valence-electron chi connectivity index (χ3n) is 2.98. The molecule has 4 heteroatoms. The monoisotopic (exact) mass is 313 g/mol. The maximum absolute atomic E-state index is 4.17. The zero-order valence-corrected chi connectivity index (χ0v) is 12.0. The number of pyridine rings is 1. The molecule has 0 spiro atoms. The molecular weight excluding hydrogens is 302 g/mol. The molecule has 0 bridgehead atoms. The Hall–Kier alpha value is -1.94. The molecule has 2 heterocycles. The minimum Gasteiger partial charge on any atom is -0.277 e. The average Bonchev–Trinajstić information content (AvgIpc) is 2.88. The highest BCUT2D eigenvalue weighted by atomic mass is 79.9. The number of benzene rings is 1. The van der Waals surface area contributed by atoms with Gasteiger partial charge in [-0.1, -0.05) is 23.8 Å². The van der Waals surface area contributed by atoms with Crippen molar-refractivity contribution in [2.75, 3.05) is 0 Å². The Bertz CT molecular complexity index is 659. The maximum Gasteiger partial charge on any atom is 0.106 e. The zero-order chi connectivity index (χ0) is 13.2. The number of aromatic amines is 1. The van der Waals surface area contributed by atoms with Gasteiger partial charge in [0.05, 0.1) is 11.9 Å². The van der Waals surface area contributed by atoms with E-state index in [-0.39, 0.29) is 0 Å². The Morgan fingerprint density at radius 2 is 2.00 bits per heavy atom. The first-order valence-corrected chi connectivity index (χ1v) is 6.75. The van der Waals surface area contributed by atoms with Gasteiger partial charge in [0.25, 0.3) is 0 Å². The van der Waals surface area contributed by atoms with Crippen molar-refractivity contribution in [2.45, 2.75) is 6.92 Å². The fraction of sp³-hybridized carbons (Fsp3) is 0.0667. The van der Waals surface area contributed by atoms with Gasteiger partial charge >= 0.3 is 0 Å². The molecule has 0 aliphatic heterocycles. The first-order valence-electron chi connectivity index (χ1n) is 5.96. The lowest BCUT2D eigenvalue weighted by Crippen LogP contribution is -1.84. The minimum atomic E-state index is 0.821. The summed E-state index contributed by atoms with van der Waals surface area (Å²) >= 11 is 3.40. The molecule has 3 aromatic rings. The van der Waals surface area contributed by atoms with Crippen LogP contribution in [0, 0.1) is 6.92 Å². The number of aromatic nitrogens is 3. The summed E-state index contributed by atoms with van der Waals surface area (Å²) in [5.41, 5.74) is 5.57. The molecule has 0 saturated carbocycles. The summed E-state index contributed by atoms with van der Waals surface area (Å²) in [4.78, 5) is 4.15. The Morgan fingerprint density at radius 1 is 1.11 bits per heavy atom. The summed E-state index contributed by atoms with van der Waals surface area (Å²) in [6.45, 7) is 2.09. The van der Waals surface area contributed by atoms with Crippen LogP contribution in [0.3, 0.4) is 0 Å². The van der Waals surface area contributed by atoms with Crippen LogP contribution in [-0.2, 0) is 0 Å². The van der Waals surface area contributed by atoms with Gasteiger partial charge in [0, 0.05) is 17.3 Å². The van der Waals surface area contributed by atoms with Gasteiger partial charge in [0.1, 0.15) is 4.60 Å². The number of nitrogens with one attached hydrogen (secondary N) is 1. The van der Waals surface area contributed by atoms with Gasteiger partial charge in [0.15, 0.2) is 0 Å². The predicted octanol–water partition coefficient (Wildman–Crippen LogP) is 4.21. The number of aryl methyl sites for hydroxylation is 1. The van der Waals surface area contributed by atoms with Crippen LogP contribution in [-0.4, -0.2) is 15.2 Å². The summed E-state index contributed by atoms with van der Waals surface area (Å²) in [6, 6.07) is 12.3. The molecule has 1 aromatic carbocycles. The largest absolute Gasteiger partial charge is 0.277 e. The molecule has 3 rings (SSSR count). The number of halogens is 1. The molecule has 94 valence electrons. The summed E-state index contributed by atoms with van der Waals surface area (Å²) in [5, 5.41) is 7.26. The molecule has 0 atom stereocenters. The van der Waals surface area contributed by atoms with Crippen LogP contribution in [0.4, 0.5) is 0 Å². The Balaban J connectivity index is 2.13. The van der Waals surface area contributed by atoms with E-state index in [1.165, 1.54) is 5.56 Å². The van der Waals surface area contributed by atoms with E-state index in [1.54, 1.807) is 6.20 Å². The third-order valence-corrected chi connectivity index (χ3v) is 3.42. The highest BCUT2D eigenvalue weighted by molar-refractivity contribution is 9.10. The molecule has 0 fully saturated rings. The molecule has 0 radical (unpaired) electrons. The van der Waals surface area contributed by atoms with E-state index in [4.69, 9.17) is 0 Å². The lowest BCUT2D eigenvalue weighted by atomic mass is 10.0. The maximum atomic E-state index is 4.17. The average molecular weight is 314 g/mol. The lowest BCUT2D eigenvalue weighted by molar-refractivity contribution is 1.09. The quantitative estimate of drug-likeness (QED) is 0.720. The predicted molar refractivity (Wildman–Crippen MR) is 79.7 cm³/mol. The number of rotatable bonds is 2. The van der Waals surface area contributed by atoms with Gasteiger partial charge < -0.3 is 0 Å². The van der Waals surface area contributed by atoms with Gasteiger partial charge in [-0.3, -0.25) is 5.10 Å². The van der Waals surface area contributed by atoms with Crippen LogP contribution in [0.2, 0.25) is 0 Å². The molecule has 19 heavy (non-hydrogen) atoms. The van der Waals surface area contributed by atoms with Crippen molar-refractivity contribution in [3.05, 3.63) is 59.0 Å². The standard InChI is InChI=1S/C15H12BrN3/c1-10-3-2-4-12(7-10)15-13(9-18-19-15)11-5-6-17-14(16)8-11/h2-9H,1H3,(H,18,19). The highest BCUT2D eigenvalue weighted by Crippen LogP contribution is 2.31. The van der Waals surface area contributed by atoms with Gasteiger partial charge in [0.2, 0.25) is 0 Å². The summed E-state index contributed by atoms with van der Waals surface area (Å²) in [7, 11) is 0. The first-order chi connectivity index (χ1) is 9.24. The van der Waals surface area contributed by atoms with E-state index in [0.717, 1.165) is 27.0 Å². The fourth-order valence-electron chi connectivity index (χ4n) is 2.10. The Labute approximate surface area is 119 Å². The minimum absolute atomic E-state index is 0.821. The lowest BCUT2D eigenvalue weighted by Gasteiger charge is -2.05. The Morgan fingerprint density at radius 3 is 2.79 bits per heavy atom. The second-order valence-electron chi connectivity index (χ2n) is 4.40. The van der Waals surface area contributed by atoms with Crippen LogP contribution in [0.25, 0.3) is 22.4 Å². The molecule has 0 amide bonds. The van der Waals surface area contributed by atoms with Gasteiger partial charge in [-0.05, 0) is 46.6 Å². The van der Waals surface area contributed by atoms with Gasteiger partial charge in [-0.15, -0.1) is 0 Å². The van der Waals surface area contributed by atoms with Crippen molar-refractivity contribution in [3.8, 4) is 22.4 Å². The van der Waals surface area contributed by atoms with Crippen molar-refractivity contribution >= 4 is 15.9 Å². The van der Waals surface area contributed by atoms with Crippen LogP contribution >= 0.6 is 15.9 Å². The highest BCUT2D eigenvalue weighted by Gasteiger charge is 2.10.